The van der Waals surface area contributed by atoms with Gasteiger partial charge in [-0.1, -0.05) is 12.1 Å². The molecule has 192 valence electrons. The van der Waals surface area contributed by atoms with Gasteiger partial charge in [-0.2, -0.15) is 18.3 Å². The number of hydrogen-bond acceptors (Lipinski definition) is 5. The van der Waals surface area contributed by atoms with Gasteiger partial charge in [0.1, 0.15) is 11.9 Å². The molecule has 0 radical (unpaired) electrons. The van der Waals surface area contributed by atoms with Gasteiger partial charge in [-0.15, -0.1) is 0 Å². The first kappa shape index (κ1) is 25.3. The molecule has 0 atom stereocenters. The van der Waals surface area contributed by atoms with Crippen LogP contribution in [-0.2, 0) is 17.5 Å². The molecular formula is C25H28F3N5O3. The van der Waals surface area contributed by atoms with Crippen LogP contribution in [0.4, 0.5) is 23.7 Å². The van der Waals surface area contributed by atoms with Crippen LogP contribution in [0.2, 0.25) is 0 Å². The Labute approximate surface area is 206 Å². The molecule has 0 spiro atoms. The molecule has 4 rings (SSSR count). The van der Waals surface area contributed by atoms with Gasteiger partial charge in [0.15, 0.2) is 0 Å². The van der Waals surface area contributed by atoms with Gasteiger partial charge < -0.3 is 14.5 Å². The maximum absolute atomic E-state index is 12.8. The molecule has 2 heterocycles. The summed E-state index contributed by atoms with van der Waals surface area (Å²) in [5.41, 5.74) is 0.455. The standard InChI is InChI=1S/C25H28F3N5O3/c1-24(2,3)36-23(35)31-14-12-30(13-15-31)20-8-10-21(11-9-20)32-17-29-33(22(32)34)16-18-4-6-19(7-5-18)25(26,27)28/h4-11,17H,12-16H2,1-3H3. The van der Waals surface area contributed by atoms with Crippen LogP contribution in [0, 0.1) is 0 Å². The average molecular weight is 504 g/mol. The van der Waals surface area contributed by atoms with Gasteiger partial charge in [-0.25, -0.2) is 18.8 Å². The smallest absolute Gasteiger partial charge is 0.416 e. The number of halogens is 3. The van der Waals surface area contributed by atoms with Gasteiger partial charge in [0.2, 0.25) is 0 Å². The summed E-state index contributed by atoms with van der Waals surface area (Å²) in [6.07, 6.45) is -3.33. The number of benzene rings is 2. The Hall–Kier alpha value is -3.76. The van der Waals surface area contributed by atoms with Crippen LogP contribution in [-0.4, -0.2) is 57.1 Å². The minimum atomic E-state index is -4.41. The van der Waals surface area contributed by atoms with Gasteiger partial charge in [-0.3, -0.25) is 0 Å². The third kappa shape index (κ3) is 5.89. The average Bonchev–Trinajstić information content (AvgIpc) is 3.18. The first-order chi connectivity index (χ1) is 16.9. The summed E-state index contributed by atoms with van der Waals surface area (Å²) in [6.45, 7) is 7.99. The highest BCUT2D eigenvalue weighted by Crippen LogP contribution is 2.29. The highest BCUT2D eigenvalue weighted by Gasteiger charge is 2.30. The molecular weight excluding hydrogens is 475 g/mol. The van der Waals surface area contributed by atoms with E-state index >= 15 is 0 Å². The van der Waals surface area contributed by atoms with E-state index in [9.17, 15) is 22.8 Å². The van der Waals surface area contributed by atoms with Gasteiger partial charge in [0.25, 0.3) is 0 Å². The number of aromatic nitrogens is 3. The molecule has 1 fully saturated rings. The van der Waals surface area contributed by atoms with Crippen molar-refractivity contribution < 1.29 is 22.7 Å². The fraction of sp³-hybridized carbons (Fsp3) is 0.400. The number of alkyl halides is 3. The third-order valence-corrected chi connectivity index (χ3v) is 5.77. The summed E-state index contributed by atoms with van der Waals surface area (Å²) in [5.74, 6) is 0. The highest BCUT2D eigenvalue weighted by molar-refractivity contribution is 5.68. The van der Waals surface area contributed by atoms with Gasteiger partial charge in [0, 0.05) is 31.9 Å². The van der Waals surface area contributed by atoms with Crippen LogP contribution < -0.4 is 10.6 Å². The highest BCUT2D eigenvalue weighted by atomic mass is 19.4. The maximum atomic E-state index is 12.8. The Morgan fingerprint density at radius 1 is 0.917 bits per heavy atom. The number of carbonyl (C=O) groups excluding carboxylic acids is 1. The van der Waals surface area contributed by atoms with E-state index in [1.165, 1.54) is 27.7 Å². The molecule has 2 aromatic carbocycles. The molecule has 8 nitrogen and oxygen atoms in total. The fourth-order valence-electron chi connectivity index (χ4n) is 3.89. The summed E-state index contributed by atoms with van der Waals surface area (Å²) >= 11 is 0. The van der Waals surface area contributed by atoms with Gasteiger partial charge in [-0.05, 0) is 62.7 Å². The van der Waals surface area contributed by atoms with E-state index in [2.05, 4.69) is 10.00 Å². The topological polar surface area (TPSA) is 72.6 Å². The third-order valence-electron chi connectivity index (χ3n) is 5.77. The molecule has 1 aliphatic rings. The van der Waals surface area contributed by atoms with Crippen LogP contribution in [0.15, 0.2) is 59.7 Å². The number of nitrogens with zero attached hydrogens (tertiary/aromatic N) is 5. The Morgan fingerprint density at radius 2 is 1.50 bits per heavy atom. The summed E-state index contributed by atoms with van der Waals surface area (Å²) < 4.78 is 46.3. The van der Waals surface area contributed by atoms with E-state index in [4.69, 9.17) is 4.74 Å². The van der Waals surface area contributed by atoms with Crippen molar-refractivity contribution in [3.63, 3.8) is 0 Å². The number of ether oxygens (including phenoxy) is 1. The van der Waals surface area contributed by atoms with Crippen molar-refractivity contribution in [1.82, 2.24) is 19.2 Å². The quantitative estimate of drug-likeness (QED) is 0.535. The van der Waals surface area contributed by atoms with E-state index in [-0.39, 0.29) is 12.6 Å². The van der Waals surface area contributed by atoms with Crippen molar-refractivity contribution >= 4 is 11.8 Å². The number of hydrogen-bond donors (Lipinski definition) is 0. The maximum Gasteiger partial charge on any atom is 0.416 e. The number of carbonyl (C=O) groups is 1. The second-order valence-electron chi connectivity index (χ2n) is 9.61. The van der Waals surface area contributed by atoms with E-state index < -0.39 is 23.0 Å². The lowest BCUT2D eigenvalue weighted by Crippen LogP contribution is -2.50. The molecule has 0 bridgehead atoms. The molecule has 1 aromatic heterocycles. The zero-order valence-electron chi connectivity index (χ0n) is 20.3. The molecule has 3 aromatic rings. The molecule has 1 aliphatic heterocycles. The van der Waals surface area contributed by atoms with Crippen LogP contribution in [0.1, 0.15) is 31.9 Å². The Balaban J connectivity index is 1.39. The minimum Gasteiger partial charge on any atom is -0.444 e. The van der Waals surface area contributed by atoms with Crippen molar-refractivity contribution in [1.29, 1.82) is 0 Å². The normalized spacial score (nSPS) is 14.7. The first-order valence-electron chi connectivity index (χ1n) is 11.5. The molecule has 11 heteroatoms. The summed E-state index contributed by atoms with van der Waals surface area (Å²) in [5, 5.41) is 4.11. The second-order valence-corrected chi connectivity index (χ2v) is 9.61. The van der Waals surface area contributed by atoms with Crippen LogP contribution >= 0.6 is 0 Å². The van der Waals surface area contributed by atoms with E-state index in [0.717, 1.165) is 17.8 Å². The monoisotopic (exact) mass is 503 g/mol. The lowest BCUT2D eigenvalue weighted by Gasteiger charge is -2.36. The molecule has 0 N–H and O–H groups in total. The Kier molecular flexibility index (Phi) is 6.83. The predicted molar refractivity (Wildman–Crippen MR) is 128 cm³/mol. The van der Waals surface area contributed by atoms with Crippen molar-refractivity contribution in [3.05, 3.63) is 76.5 Å². The summed E-state index contributed by atoms with van der Waals surface area (Å²) in [7, 11) is 0. The number of rotatable bonds is 4. The zero-order chi connectivity index (χ0) is 26.1. The van der Waals surface area contributed by atoms with Crippen molar-refractivity contribution in [2.75, 3.05) is 31.1 Å². The van der Waals surface area contributed by atoms with Crippen LogP contribution in [0.5, 0.6) is 0 Å². The molecule has 0 aliphatic carbocycles. The van der Waals surface area contributed by atoms with Gasteiger partial charge >= 0.3 is 18.0 Å². The molecule has 36 heavy (non-hydrogen) atoms. The van der Waals surface area contributed by atoms with Crippen LogP contribution in [0.25, 0.3) is 5.69 Å². The van der Waals surface area contributed by atoms with Crippen LogP contribution in [0.3, 0.4) is 0 Å². The molecule has 0 unspecified atom stereocenters. The Bertz CT molecular complexity index is 1250. The molecule has 0 saturated carbocycles. The SMILES string of the molecule is CC(C)(C)OC(=O)N1CCN(c2ccc(-n3cnn(Cc4ccc(C(F)(F)F)cc4)c3=O)cc2)CC1. The molecule has 1 saturated heterocycles. The van der Waals surface area contributed by atoms with E-state index in [0.29, 0.717) is 37.4 Å². The predicted octanol–water partition coefficient (Wildman–Crippen LogP) is 4.16. The molecule has 1 amide bonds. The minimum absolute atomic E-state index is 0.0595. The number of amides is 1. The van der Waals surface area contributed by atoms with E-state index in [1.807, 2.05) is 32.9 Å². The Morgan fingerprint density at radius 3 is 2.06 bits per heavy atom. The number of anilines is 1. The van der Waals surface area contributed by atoms with Crippen molar-refractivity contribution in [2.24, 2.45) is 0 Å². The first-order valence-corrected chi connectivity index (χ1v) is 11.5. The lowest BCUT2D eigenvalue weighted by molar-refractivity contribution is -0.137. The number of piperazine rings is 1. The largest absolute Gasteiger partial charge is 0.444 e. The summed E-state index contributed by atoms with van der Waals surface area (Å²) in [4.78, 5) is 28.9. The van der Waals surface area contributed by atoms with Crippen molar-refractivity contribution in [2.45, 2.75) is 39.1 Å². The second kappa shape index (κ2) is 9.71. The van der Waals surface area contributed by atoms with E-state index in [1.54, 1.807) is 17.0 Å². The zero-order valence-corrected chi connectivity index (χ0v) is 20.3. The van der Waals surface area contributed by atoms with Gasteiger partial charge in [0.05, 0.1) is 17.8 Å². The summed E-state index contributed by atoms with van der Waals surface area (Å²) in [6, 6.07) is 12.1. The van der Waals surface area contributed by atoms with Crippen molar-refractivity contribution in [3.8, 4) is 5.69 Å². The fourth-order valence-corrected chi connectivity index (χ4v) is 3.89. The lowest BCUT2D eigenvalue weighted by atomic mass is 10.1.